The summed E-state index contributed by atoms with van der Waals surface area (Å²) in [5, 5.41) is 0.647. The summed E-state index contributed by atoms with van der Waals surface area (Å²) in [6.07, 6.45) is 2.71. The summed E-state index contributed by atoms with van der Waals surface area (Å²) in [6.45, 7) is 1.81. The predicted octanol–water partition coefficient (Wildman–Crippen LogP) is 7.37. The first-order chi connectivity index (χ1) is 19.8. The molecule has 1 aromatic heterocycles. The highest BCUT2D eigenvalue weighted by Crippen LogP contribution is 2.37. The number of carbonyl (C=O) groups excluding carboxylic acids is 2. The van der Waals surface area contributed by atoms with Crippen LogP contribution in [0.1, 0.15) is 22.8 Å². The van der Waals surface area contributed by atoms with Crippen LogP contribution in [-0.4, -0.2) is 26.9 Å². The molecule has 4 aromatic carbocycles. The first-order valence-corrected chi connectivity index (χ1v) is 14.5. The summed E-state index contributed by atoms with van der Waals surface area (Å²) >= 11 is 5.99. The number of benzene rings is 4. The maximum absolute atomic E-state index is 13.9. The van der Waals surface area contributed by atoms with E-state index >= 15 is 0 Å². The first kappa shape index (κ1) is 27.9. The lowest BCUT2D eigenvalue weighted by molar-refractivity contribution is -0.113. The zero-order valence-electron chi connectivity index (χ0n) is 21.9. The lowest BCUT2D eigenvalue weighted by Crippen LogP contribution is -2.35. The zero-order valence-corrected chi connectivity index (χ0v) is 23.4. The largest absolute Gasteiger partial charge is 0.462 e. The van der Waals surface area contributed by atoms with Gasteiger partial charge in [-0.15, -0.1) is 0 Å². The molecule has 7 nitrogen and oxygen atoms in total. The van der Waals surface area contributed by atoms with Gasteiger partial charge in [0.05, 0.1) is 17.2 Å². The summed E-state index contributed by atoms with van der Waals surface area (Å²) in [5.41, 5.74) is 1.83. The van der Waals surface area contributed by atoms with Gasteiger partial charge in [-0.1, -0.05) is 72.3 Å². The highest BCUT2D eigenvalue weighted by atomic mass is 35.5. The molecule has 5 rings (SSSR count). The molecular formula is C32H24ClNO6S. The van der Waals surface area contributed by atoms with Crippen LogP contribution in [0.5, 0.6) is 0 Å². The number of halogens is 1. The Kier molecular flexibility index (Phi) is 8.05. The Morgan fingerprint density at radius 3 is 2.22 bits per heavy atom. The van der Waals surface area contributed by atoms with Crippen molar-refractivity contribution < 1.29 is 27.2 Å². The zero-order chi connectivity index (χ0) is 29.0. The van der Waals surface area contributed by atoms with Crippen LogP contribution in [0, 0.1) is 0 Å². The quantitative estimate of drug-likeness (QED) is 0.139. The Bertz CT molecular complexity index is 1850. The molecule has 0 bridgehead atoms. The van der Waals surface area contributed by atoms with Gasteiger partial charge in [0.2, 0.25) is 0 Å². The van der Waals surface area contributed by atoms with Crippen molar-refractivity contribution in [3.8, 4) is 11.3 Å². The van der Waals surface area contributed by atoms with Crippen LogP contribution in [-0.2, 0) is 19.6 Å². The third-order valence-electron chi connectivity index (χ3n) is 6.19. The third kappa shape index (κ3) is 5.79. The number of ether oxygens (including phenoxy) is 1. The molecule has 0 saturated heterocycles. The molecule has 0 saturated carbocycles. The minimum absolute atomic E-state index is 0.0149. The molecule has 0 radical (unpaired) electrons. The smallest absolute Gasteiger partial charge is 0.342 e. The molecule has 1 heterocycles. The van der Waals surface area contributed by atoms with Gasteiger partial charge >= 0.3 is 5.97 Å². The van der Waals surface area contributed by atoms with E-state index in [0.717, 1.165) is 0 Å². The van der Waals surface area contributed by atoms with Crippen molar-refractivity contribution >= 4 is 56.2 Å². The maximum Gasteiger partial charge on any atom is 0.342 e. The minimum Gasteiger partial charge on any atom is -0.462 e. The van der Waals surface area contributed by atoms with E-state index in [2.05, 4.69) is 0 Å². The maximum atomic E-state index is 13.9. The molecule has 0 aliphatic heterocycles. The van der Waals surface area contributed by atoms with Crippen molar-refractivity contribution in [2.75, 3.05) is 10.9 Å². The van der Waals surface area contributed by atoms with Gasteiger partial charge in [-0.3, -0.25) is 4.79 Å². The molecule has 0 spiro atoms. The molecule has 5 aromatic rings. The second kappa shape index (κ2) is 11.8. The van der Waals surface area contributed by atoms with Crippen molar-refractivity contribution in [3.05, 3.63) is 125 Å². The number of sulfonamides is 1. The summed E-state index contributed by atoms with van der Waals surface area (Å²) in [4.78, 5) is 26.6. The van der Waals surface area contributed by atoms with E-state index in [1.165, 1.54) is 54.6 Å². The molecule has 41 heavy (non-hydrogen) atoms. The Morgan fingerprint density at radius 2 is 1.56 bits per heavy atom. The first-order valence-electron chi connectivity index (χ1n) is 12.7. The summed E-state index contributed by atoms with van der Waals surface area (Å²) in [7, 11) is -4.40. The van der Waals surface area contributed by atoms with E-state index < -0.39 is 21.9 Å². The molecule has 9 heteroatoms. The summed E-state index contributed by atoms with van der Waals surface area (Å²) in [6, 6.07) is 28.0. The number of nitrogens with zero attached hydrogens (tertiary/aromatic N) is 1. The fourth-order valence-corrected chi connectivity index (χ4v) is 5.81. The number of rotatable bonds is 8. The van der Waals surface area contributed by atoms with E-state index in [1.54, 1.807) is 55.5 Å². The number of esters is 1. The van der Waals surface area contributed by atoms with E-state index in [4.69, 9.17) is 20.8 Å². The highest BCUT2D eigenvalue weighted by molar-refractivity contribution is 7.93. The Hall–Kier alpha value is -4.66. The molecule has 0 aliphatic carbocycles. The molecule has 0 atom stereocenters. The van der Waals surface area contributed by atoms with E-state index in [1.807, 2.05) is 12.1 Å². The van der Waals surface area contributed by atoms with Crippen LogP contribution in [0.3, 0.4) is 0 Å². The molecule has 0 unspecified atom stereocenters. The molecule has 0 fully saturated rings. The number of hydrogen-bond acceptors (Lipinski definition) is 6. The molecule has 0 N–H and O–H groups in total. The number of amides is 1. The topological polar surface area (TPSA) is 93.9 Å². The summed E-state index contributed by atoms with van der Waals surface area (Å²) < 4.78 is 39.9. The molecule has 206 valence electrons. The van der Waals surface area contributed by atoms with Crippen molar-refractivity contribution in [3.63, 3.8) is 0 Å². The average Bonchev–Trinajstić information content (AvgIpc) is 3.36. The second-order valence-corrected chi connectivity index (χ2v) is 11.1. The lowest BCUT2D eigenvalue weighted by atomic mass is 10.1. The number of fused-ring (bicyclic) bond motifs is 1. The standard InChI is InChI=1S/C32H24ClNO6S/c1-2-39-32(36)30-27-21-25(16-19-28(27)40-31(30)23-11-7-4-8-12-23)34(29(35)20-13-22-9-5-3-6-10-22)41(37,38)26-17-14-24(33)15-18-26/h3-21H,2H2,1H3. The van der Waals surface area contributed by atoms with E-state index in [0.29, 0.717) is 31.4 Å². The normalized spacial score (nSPS) is 11.6. The lowest BCUT2D eigenvalue weighted by Gasteiger charge is -2.21. The molecular weight excluding hydrogens is 562 g/mol. The van der Waals surface area contributed by atoms with Gasteiger partial charge in [-0.2, -0.15) is 4.31 Å². The van der Waals surface area contributed by atoms with Gasteiger partial charge in [0.25, 0.3) is 15.9 Å². The number of anilines is 1. The van der Waals surface area contributed by atoms with Gasteiger partial charge in [0.15, 0.2) is 0 Å². The second-order valence-electron chi connectivity index (χ2n) is 8.88. The Balaban J connectivity index is 1.69. The van der Waals surface area contributed by atoms with Gasteiger partial charge in [0.1, 0.15) is 16.9 Å². The van der Waals surface area contributed by atoms with E-state index in [9.17, 15) is 18.0 Å². The van der Waals surface area contributed by atoms with Gasteiger partial charge in [-0.05, 0) is 61.0 Å². The van der Waals surface area contributed by atoms with Gasteiger partial charge in [-0.25, -0.2) is 13.2 Å². The van der Waals surface area contributed by atoms with Crippen LogP contribution in [0.15, 0.2) is 119 Å². The number of carbonyl (C=O) groups is 2. The monoisotopic (exact) mass is 585 g/mol. The summed E-state index contributed by atoms with van der Waals surface area (Å²) in [5.74, 6) is -1.17. The van der Waals surface area contributed by atoms with Crippen LogP contribution in [0.4, 0.5) is 5.69 Å². The van der Waals surface area contributed by atoms with E-state index in [-0.39, 0.29) is 28.5 Å². The third-order valence-corrected chi connectivity index (χ3v) is 8.18. The van der Waals surface area contributed by atoms with Crippen LogP contribution >= 0.6 is 11.6 Å². The average molecular weight is 586 g/mol. The van der Waals surface area contributed by atoms with Crippen LogP contribution in [0.2, 0.25) is 5.02 Å². The predicted molar refractivity (Wildman–Crippen MR) is 159 cm³/mol. The fourth-order valence-electron chi connectivity index (χ4n) is 4.31. The highest BCUT2D eigenvalue weighted by Gasteiger charge is 2.31. The molecule has 1 amide bonds. The Morgan fingerprint density at radius 1 is 0.902 bits per heavy atom. The Labute approximate surface area is 242 Å². The van der Waals surface area contributed by atoms with Crippen LogP contribution in [0.25, 0.3) is 28.4 Å². The van der Waals surface area contributed by atoms with Crippen molar-refractivity contribution in [1.82, 2.24) is 0 Å². The SMILES string of the molecule is CCOC(=O)c1c(-c2ccccc2)oc2ccc(N(C(=O)C=Cc3ccccc3)S(=O)(=O)c3ccc(Cl)cc3)cc12. The van der Waals surface area contributed by atoms with Gasteiger partial charge in [0, 0.05) is 22.0 Å². The minimum atomic E-state index is -4.40. The number of furan rings is 1. The van der Waals surface area contributed by atoms with Crippen molar-refractivity contribution in [2.45, 2.75) is 11.8 Å². The number of hydrogen-bond donors (Lipinski definition) is 0. The fraction of sp³-hybridized carbons (Fsp3) is 0.0625. The van der Waals surface area contributed by atoms with Crippen molar-refractivity contribution in [2.24, 2.45) is 0 Å². The van der Waals surface area contributed by atoms with Crippen molar-refractivity contribution in [1.29, 1.82) is 0 Å². The molecule has 0 aliphatic rings. The van der Waals surface area contributed by atoms with Crippen LogP contribution < -0.4 is 4.31 Å². The van der Waals surface area contributed by atoms with Gasteiger partial charge < -0.3 is 9.15 Å².